The molecule has 76 valence electrons. The van der Waals surface area contributed by atoms with Crippen molar-refractivity contribution in [3.05, 3.63) is 18.0 Å². The molecule has 1 unspecified atom stereocenters. The monoisotopic (exact) mass is 192 g/mol. The quantitative estimate of drug-likeness (QED) is 0.719. The van der Waals surface area contributed by atoms with E-state index in [1.807, 2.05) is 6.20 Å². The van der Waals surface area contributed by atoms with Crippen molar-refractivity contribution in [3.63, 3.8) is 0 Å². The minimum absolute atomic E-state index is 0.217. The molecule has 1 atom stereocenters. The molecule has 3 heteroatoms. The average molecular weight is 192 g/mol. The second kappa shape index (κ2) is 3.39. The van der Waals surface area contributed by atoms with E-state index in [9.17, 15) is 0 Å². The van der Waals surface area contributed by atoms with Gasteiger partial charge in [-0.2, -0.15) is 5.10 Å². The van der Waals surface area contributed by atoms with Crippen LogP contribution in [-0.2, 0) is 4.74 Å². The van der Waals surface area contributed by atoms with E-state index in [1.165, 1.54) is 31.4 Å². The van der Waals surface area contributed by atoms with Crippen LogP contribution in [-0.4, -0.2) is 16.4 Å². The van der Waals surface area contributed by atoms with Crippen LogP contribution in [0.5, 0.6) is 0 Å². The summed E-state index contributed by atoms with van der Waals surface area (Å²) in [6.07, 6.45) is 8.39. The second-order valence-electron chi connectivity index (χ2n) is 4.30. The molecule has 3 rings (SSSR count). The first-order chi connectivity index (χ1) is 6.95. The number of hydrogen-bond acceptors (Lipinski definition) is 2. The largest absolute Gasteiger partial charge is 0.357 e. The Morgan fingerprint density at radius 3 is 2.93 bits per heavy atom. The van der Waals surface area contributed by atoms with Gasteiger partial charge in [0.2, 0.25) is 0 Å². The topological polar surface area (TPSA) is 27.1 Å². The molecule has 0 bridgehead atoms. The van der Waals surface area contributed by atoms with E-state index >= 15 is 0 Å². The predicted molar refractivity (Wildman–Crippen MR) is 53.0 cm³/mol. The molecule has 1 aliphatic carbocycles. The number of rotatable bonds is 2. The summed E-state index contributed by atoms with van der Waals surface area (Å²) < 4.78 is 7.85. The lowest BCUT2D eigenvalue weighted by Gasteiger charge is -2.24. The normalized spacial score (nSPS) is 27.9. The third-order valence-corrected chi connectivity index (χ3v) is 3.12. The van der Waals surface area contributed by atoms with Gasteiger partial charge in [-0.1, -0.05) is 0 Å². The molecule has 14 heavy (non-hydrogen) atoms. The molecule has 2 aliphatic rings. The third kappa shape index (κ3) is 1.46. The van der Waals surface area contributed by atoms with Crippen molar-refractivity contribution in [3.8, 4) is 0 Å². The van der Waals surface area contributed by atoms with Crippen LogP contribution in [0.3, 0.4) is 0 Å². The number of nitrogens with zero attached hydrogens (tertiary/aromatic N) is 2. The van der Waals surface area contributed by atoms with Crippen LogP contribution in [0.2, 0.25) is 0 Å². The Kier molecular flexibility index (Phi) is 2.05. The first-order valence-corrected chi connectivity index (χ1v) is 5.60. The number of aromatic nitrogens is 2. The molecule has 0 N–H and O–H groups in total. The summed E-state index contributed by atoms with van der Waals surface area (Å²) in [7, 11) is 0. The minimum Gasteiger partial charge on any atom is -0.357 e. The zero-order valence-electron chi connectivity index (χ0n) is 8.35. The van der Waals surface area contributed by atoms with Gasteiger partial charge in [0, 0.05) is 24.4 Å². The number of hydrogen-bond donors (Lipinski definition) is 0. The fourth-order valence-corrected chi connectivity index (χ4v) is 2.18. The Labute approximate surface area is 84.1 Å². The third-order valence-electron chi connectivity index (χ3n) is 3.12. The first kappa shape index (κ1) is 8.48. The number of ether oxygens (including phenoxy) is 1. The Balaban J connectivity index is 1.82. The van der Waals surface area contributed by atoms with E-state index in [4.69, 9.17) is 4.74 Å². The van der Waals surface area contributed by atoms with Crippen molar-refractivity contribution in [1.29, 1.82) is 0 Å². The SMILES string of the molecule is c1cc(C2CC2)n(C2CCCCO2)n1. The average Bonchev–Trinajstić information content (AvgIpc) is 2.98. The summed E-state index contributed by atoms with van der Waals surface area (Å²) in [5, 5.41) is 4.39. The standard InChI is InChI=1S/C11H16N2O/c1-2-8-14-11(3-1)13-10(6-7-12-13)9-4-5-9/h6-7,9,11H,1-5,8H2. The maximum atomic E-state index is 5.74. The highest BCUT2D eigenvalue weighted by Crippen LogP contribution is 2.41. The van der Waals surface area contributed by atoms with Crippen molar-refractivity contribution in [1.82, 2.24) is 9.78 Å². The lowest BCUT2D eigenvalue weighted by molar-refractivity contribution is -0.0411. The maximum absolute atomic E-state index is 5.74. The molecular weight excluding hydrogens is 176 g/mol. The van der Waals surface area contributed by atoms with Crippen LogP contribution in [0.4, 0.5) is 0 Å². The van der Waals surface area contributed by atoms with E-state index < -0.39 is 0 Å². The predicted octanol–water partition coefficient (Wildman–Crippen LogP) is 2.46. The summed E-state index contributed by atoms with van der Waals surface area (Å²) >= 11 is 0. The molecule has 0 aromatic carbocycles. The summed E-state index contributed by atoms with van der Waals surface area (Å²) in [6, 6.07) is 2.15. The van der Waals surface area contributed by atoms with Crippen LogP contribution in [0.25, 0.3) is 0 Å². The zero-order chi connectivity index (χ0) is 9.38. The molecule has 0 spiro atoms. The maximum Gasteiger partial charge on any atom is 0.150 e. The van der Waals surface area contributed by atoms with Gasteiger partial charge in [-0.25, -0.2) is 4.68 Å². The van der Waals surface area contributed by atoms with Gasteiger partial charge in [0.25, 0.3) is 0 Å². The molecule has 1 saturated heterocycles. The van der Waals surface area contributed by atoms with E-state index in [0.717, 1.165) is 18.9 Å². The van der Waals surface area contributed by atoms with E-state index in [1.54, 1.807) is 0 Å². The van der Waals surface area contributed by atoms with Crippen LogP contribution >= 0.6 is 0 Å². The van der Waals surface area contributed by atoms with Crippen molar-refractivity contribution in [2.75, 3.05) is 6.61 Å². The zero-order valence-corrected chi connectivity index (χ0v) is 8.35. The van der Waals surface area contributed by atoms with Gasteiger partial charge in [-0.3, -0.25) is 0 Å². The van der Waals surface area contributed by atoms with Crippen LogP contribution < -0.4 is 0 Å². The molecule has 1 aromatic heterocycles. The highest BCUT2D eigenvalue weighted by molar-refractivity contribution is 5.14. The molecule has 3 nitrogen and oxygen atoms in total. The fraction of sp³-hybridized carbons (Fsp3) is 0.727. The van der Waals surface area contributed by atoms with Crippen LogP contribution in [0.15, 0.2) is 12.3 Å². The molecule has 1 aliphatic heterocycles. The highest BCUT2D eigenvalue weighted by atomic mass is 16.5. The van der Waals surface area contributed by atoms with Gasteiger partial charge in [0.15, 0.2) is 0 Å². The molecule has 2 fully saturated rings. The Hall–Kier alpha value is -0.830. The Morgan fingerprint density at radius 2 is 2.21 bits per heavy atom. The van der Waals surface area contributed by atoms with E-state index in [2.05, 4.69) is 15.8 Å². The van der Waals surface area contributed by atoms with E-state index in [-0.39, 0.29) is 6.23 Å². The van der Waals surface area contributed by atoms with Gasteiger partial charge in [-0.15, -0.1) is 0 Å². The second-order valence-corrected chi connectivity index (χ2v) is 4.30. The van der Waals surface area contributed by atoms with Crippen LogP contribution in [0, 0.1) is 0 Å². The summed E-state index contributed by atoms with van der Waals surface area (Å²) in [6.45, 7) is 0.897. The van der Waals surface area contributed by atoms with Gasteiger partial charge >= 0.3 is 0 Å². The Morgan fingerprint density at radius 1 is 1.29 bits per heavy atom. The molecule has 2 heterocycles. The highest BCUT2D eigenvalue weighted by Gasteiger charge is 2.29. The van der Waals surface area contributed by atoms with Crippen LogP contribution in [0.1, 0.15) is 49.9 Å². The smallest absolute Gasteiger partial charge is 0.150 e. The summed E-state index contributed by atoms with van der Waals surface area (Å²) in [4.78, 5) is 0. The fourth-order valence-electron chi connectivity index (χ4n) is 2.18. The lowest BCUT2D eigenvalue weighted by Crippen LogP contribution is -2.20. The Bertz CT molecular complexity index is 311. The molecular formula is C11H16N2O. The molecule has 1 aromatic rings. The van der Waals surface area contributed by atoms with Gasteiger partial charge in [0.05, 0.1) is 0 Å². The van der Waals surface area contributed by atoms with Crippen molar-refractivity contribution >= 4 is 0 Å². The van der Waals surface area contributed by atoms with Gasteiger partial charge in [-0.05, 0) is 38.2 Å². The molecule has 0 radical (unpaired) electrons. The van der Waals surface area contributed by atoms with Crippen molar-refractivity contribution in [2.24, 2.45) is 0 Å². The van der Waals surface area contributed by atoms with E-state index in [0.29, 0.717) is 0 Å². The van der Waals surface area contributed by atoms with Gasteiger partial charge in [0.1, 0.15) is 6.23 Å². The van der Waals surface area contributed by atoms with Crippen molar-refractivity contribution < 1.29 is 4.74 Å². The van der Waals surface area contributed by atoms with Gasteiger partial charge < -0.3 is 4.74 Å². The molecule has 1 saturated carbocycles. The first-order valence-electron chi connectivity index (χ1n) is 5.60. The minimum atomic E-state index is 0.217. The summed E-state index contributed by atoms with van der Waals surface area (Å²) in [5.74, 6) is 0.767. The lowest BCUT2D eigenvalue weighted by atomic mass is 10.2. The summed E-state index contributed by atoms with van der Waals surface area (Å²) in [5.41, 5.74) is 1.39. The molecule has 0 amide bonds. The van der Waals surface area contributed by atoms with Crippen molar-refractivity contribution in [2.45, 2.75) is 44.2 Å².